The molecule has 0 aromatic rings. The van der Waals surface area contributed by atoms with Crippen LogP contribution in [0.5, 0.6) is 0 Å². The average molecular weight is 196 g/mol. The fourth-order valence-corrected chi connectivity index (χ4v) is 2.45. The molecule has 0 aromatic heterocycles. The molecule has 2 heterocycles. The van der Waals surface area contributed by atoms with Crippen LogP contribution in [-0.2, 0) is 4.74 Å². The molecule has 0 radical (unpaired) electrons. The minimum Gasteiger partial charge on any atom is -0.381 e. The lowest BCUT2D eigenvalue weighted by molar-refractivity contribution is 0.138. The maximum absolute atomic E-state index is 7.94. The van der Waals surface area contributed by atoms with Crippen molar-refractivity contribution in [2.75, 3.05) is 19.8 Å². The third-order valence-corrected chi connectivity index (χ3v) is 3.27. The van der Waals surface area contributed by atoms with E-state index in [0.29, 0.717) is 6.04 Å². The predicted octanol–water partition coefficient (Wildman–Crippen LogP) is 2.02. The number of nitrogens with one attached hydrogen (secondary N) is 1. The topological polar surface area (TPSA) is 36.3 Å². The molecule has 1 atom stereocenters. The smallest absolute Gasteiger partial charge is 0.0960 e. The molecule has 1 N–H and O–H groups in total. The number of hydrogen-bond acceptors (Lipinski definition) is 2. The summed E-state index contributed by atoms with van der Waals surface area (Å²) in [5.41, 5.74) is 0. The zero-order valence-corrected chi connectivity index (χ0v) is 8.80. The largest absolute Gasteiger partial charge is 0.381 e. The van der Waals surface area contributed by atoms with Crippen molar-refractivity contribution < 1.29 is 4.74 Å². The van der Waals surface area contributed by atoms with E-state index in [-0.39, 0.29) is 0 Å². The fraction of sp³-hybridized carbons (Fsp3) is 0.909. The quantitative estimate of drug-likeness (QED) is 0.696. The van der Waals surface area contributed by atoms with Crippen molar-refractivity contribution in [3.63, 3.8) is 0 Å². The monoisotopic (exact) mass is 196 g/mol. The third-order valence-electron chi connectivity index (χ3n) is 3.27. The van der Waals surface area contributed by atoms with Gasteiger partial charge in [0.2, 0.25) is 0 Å². The fourth-order valence-electron chi connectivity index (χ4n) is 2.45. The molecule has 0 aliphatic carbocycles. The summed E-state index contributed by atoms with van der Waals surface area (Å²) in [4.78, 5) is 2.32. The highest BCUT2D eigenvalue weighted by molar-refractivity contribution is 5.80. The second kappa shape index (κ2) is 4.78. The number of rotatable bonds is 1. The first-order valence-corrected chi connectivity index (χ1v) is 5.80. The zero-order chi connectivity index (χ0) is 9.80. The van der Waals surface area contributed by atoms with Crippen LogP contribution in [0, 0.1) is 5.41 Å². The first-order chi connectivity index (χ1) is 6.88. The van der Waals surface area contributed by atoms with Crippen molar-refractivity contribution in [1.29, 1.82) is 5.41 Å². The molecule has 2 aliphatic heterocycles. The summed E-state index contributed by atoms with van der Waals surface area (Å²) in [6, 6.07) is 0.588. The zero-order valence-electron chi connectivity index (χ0n) is 8.80. The number of nitrogens with zero attached hydrogens (tertiary/aromatic N) is 1. The molecule has 3 heteroatoms. The van der Waals surface area contributed by atoms with Gasteiger partial charge in [0.25, 0.3) is 0 Å². The summed E-state index contributed by atoms with van der Waals surface area (Å²) in [5.74, 6) is 0.864. The molecule has 0 saturated carbocycles. The highest BCUT2D eigenvalue weighted by atomic mass is 16.5. The van der Waals surface area contributed by atoms with E-state index in [1.54, 1.807) is 0 Å². The molecular formula is C11H20N2O. The second-order valence-electron chi connectivity index (χ2n) is 4.29. The summed E-state index contributed by atoms with van der Waals surface area (Å²) < 4.78 is 5.45. The van der Waals surface area contributed by atoms with Crippen molar-refractivity contribution in [3.8, 4) is 0 Å². The van der Waals surface area contributed by atoms with Gasteiger partial charge < -0.3 is 9.64 Å². The van der Waals surface area contributed by atoms with Crippen molar-refractivity contribution >= 4 is 5.84 Å². The predicted molar refractivity (Wildman–Crippen MR) is 56.7 cm³/mol. The minimum absolute atomic E-state index is 0.588. The molecular weight excluding hydrogens is 176 g/mol. The van der Waals surface area contributed by atoms with Crippen LogP contribution in [0.1, 0.15) is 38.5 Å². The summed E-state index contributed by atoms with van der Waals surface area (Å²) >= 11 is 0. The Labute approximate surface area is 85.9 Å². The molecule has 2 rings (SSSR count). The van der Waals surface area contributed by atoms with Crippen LogP contribution < -0.4 is 0 Å². The van der Waals surface area contributed by atoms with E-state index in [1.165, 1.54) is 19.3 Å². The lowest BCUT2D eigenvalue weighted by Crippen LogP contribution is -2.43. The van der Waals surface area contributed by atoms with Crippen LogP contribution in [0.25, 0.3) is 0 Å². The maximum atomic E-state index is 7.94. The Bertz CT molecular complexity index is 197. The lowest BCUT2D eigenvalue weighted by Gasteiger charge is -2.36. The molecule has 3 nitrogen and oxygen atoms in total. The van der Waals surface area contributed by atoms with Crippen molar-refractivity contribution in [2.24, 2.45) is 0 Å². The van der Waals surface area contributed by atoms with Crippen molar-refractivity contribution in [2.45, 2.75) is 44.6 Å². The number of piperidine rings is 1. The van der Waals surface area contributed by atoms with Gasteiger partial charge in [0.15, 0.2) is 0 Å². The summed E-state index contributed by atoms with van der Waals surface area (Å²) in [6.45, 7) is 2.90. The van der Waals surface area contributed by atoms with Gasteiger partial charge in [0.05, 0.1) is 5.84 Å². The molecule has 14 heavy (non-hydrogen) atoms. The molecule has 0 spiro atoms. The summed E-state index contributed by atoms with van der Waals surface area (Å²) in [5, 5.41) is 7.94. The summed E-state index contributed by atoms with van der Waals surface area (Å²) in [7, 11) is 0. The number of ether oxygens (including phenoxy) is 1. The van der Waals surface area contributed by atoms with E-state index in [2.05, 4.69) is 4.90 Å². The lowest BCUT2D eigenvalue weighted by atomic mass is 10.0. The van der Waals surface area contributed by atoms with Gasteiger partial charge in [-0.15, -0.1) is 0 Å². The van der Waals surface area contributed by atoms with Crippen LogP contribution in [0.2, 0.25) is 0 Å². The Kier molecular flexibility index (Phi) is 3.40. The Morgan fingerprint density at radius 1 is 1.14 bits per heavy atom. The summed E-state index contributed by atoms with van der Waals surface area (Å²) in [6.07, 6.45) is 6.94. The van der Waals surface area contributed by atoms with Gasteiger partial charge in [-0.1, -0.05) is 0 Å². The highest BCUT2D eigenvalue weighted by Gasteiger charge is 2.24. The Morgan fingerprint density at radius 2 is 2.07 bits per heavy atom. The van der Waals surface area contributed by atoms with Gasteiger partial charge in [0, 0.05) is 32.2 Å². The van der Waals surface area contributed by atoms with E-state index < -0.39 is 0 Å². The van der Waals surface area contributed by atoms with Gasteiger partial charge in [-0.05, 0) is 32.1 Å². The minimum atomic E-state index is 0.588. The third kappa shape index (κ3) is 2.27. The van der Waals surface area contributed by atoms with Gasteiger partial charge in [-0.25, -0.2) is 0 Å². The molecule has 0 amide bonds. The van der Waals surface area contributed by atoms with Crippen molar-refractivity contribution in [3.05, 3.63) is 0 Å². The SMILES string of the molecule is N=C1CCCCN1C1CCCOCC1. The second-order valence-corrected chi connectivity index (χ2v) is 4.29. The Morgan fingerprint density at radius 3 is 2.93 bits per heavy atom. The number of amidine groups is 1. The molecule has 0 aromatic carbocycles. The van der Waals surface area contributed by atoms with E-state index in [4.69, 9.17) is 10.1 Å². The maximum Gasteiger partial charge on any atom is 0.0960 e. The molecule has 1 unspecified atom stereocenters. The van der Waals surface area contributed by atoms with Gasteiger partial charge >= 0.3 is 0 Å². The van der Waals surface area contributed by atoms with E-state index in [9.17, 15) is 0 Å². The van der Waals surface area contributed by atoms with E-state index in [1.807, 2.05) is 0 Å². The normalized spacial score (nSPS) is 30.1. The van der Waals surface area contributed by atoms with Gasteiger partial charge in [-0.2, -0.15) is 0 Å². The Hall–Kier alpha value is -0.570. The van der Waals surface area contributed by atoms with Gasteiger partial charge in [-0.3, -0.25) is 5.41 Å². The van der Waals surface area contributed by atoms with E-state index in [0.717, 1.165) is 44.9 Å². The molecule has 80 valence electrons. The molecule has 2 saturated heterocycles. The Balaban J connectivity index is 1.93. The number of likely N-dealkylation sites (tertiary alicyclic amines) is 1. The average Bonchev–Trinajstić information content (AvgIpc) is 2.47. The van der Waals surface area contributed by atoms with Crippen LogP contribution in [0.3, 0.4) is 0 Å². The van der Waals surface area contributed by atoms with Gasteiger partial charge in [0.1, 0.15) is 0 Å². The molecule has 2 fully saturated rings. The van der Waals surface area contributed by atoms with E-state index >= 15 is 0 Å². The molecule has 2 aliphatic rings. The van der Waals surface area contributed by atoms with Crippen molar-refractivity contribution in [1.82, 2.24) is 4.90 Å². The number of hydrogen-bond donors (Lipinski definition) is 1. The first kappa shape index (κ1) is 9.97. The first-order valence-electron chi connectivity index (χ1n) is 5.80. The van der Waals surface area contributed by atoms with Crippen LogP contribution in [-0.4, -0.2) is 36.5 Å². The van der Waals surface area contributed by atoms with Crippen LogP contribution >= 0.6 is 0 Å². The standard InChI is InChI=1S/C11H20N2O/c12-11-5-1-2-7-13(11)10-4-3-8-14-9-6-10/h10,12H,1-9H2. The molecule has 0 bridgehead atoms. The van der Waals surface area contributed by atoms with Crippen LogP contribution in [0.4, 0.5) is 0 Å². The van der Waals surface area contributed by atoms with Crippen LogP contribution in [0.15, 0.2) is 0 Å². The highest BCUT2D eigenvalue weighted by Crippen LogP contribution is 2.20.